The highest BCUT2D eigenvalue weighted by atomic mass is 16.5. The van der Waals surface area contributed by atoms with Crippen LogP contribution in [0.1, 0.15) is 24.2 Å². The smallest absolute Gasteiger partial charge is 0.340 e. The average Bonchev–Trinajstić information content (AvgIpc) is 2.78. The number of nitrogens with one attached hydrogen (secondary N) is 1. The number of hydrogen-bond donors (Lipinski definition) is 1. The molecule has 25 heavy (non-hydrogen) atoms. The molecule has 1 aromatic carbocycles. The third-order valence-corrected chi connectivity index (χ3v) is 3.45. The fraction of sp³-hybridized carbons (Fsp3) is 0.312. The van der Waals surface area contributed by atoms with Gasteiger partial charge < -0.3 is 10.1 Å². The third kappa shape index (κ3) is 3.65. The van der Waals surface area contributed by atoms with Crippen molar-refractivity contribution in [3.8, 4) is 0 Å². The molecule has 9 heteroatoms. The molecule has 0 aliphatic carbocycles. The Morgan fingerprint density at radius 3 is 2.28 bits per heavy atom. The van der Waals surface area contributed by atoms with Gasteiger partial charge in [-0.25, -0.2) is 14.5 Å². The number of carbonyl (C=O) groups excluding carboxylic acids is 5. The van der Waals surface area contributed by atoms with Crippen LogP contribution in [0.15, 0.2) is 24.3 Å². The summed E-state index contributed by atoms with van der Waals surface area (Å²) >= 11 is 0. The molecule has 132 valence electrons. The molecule has 1 saturated heterocycles. The Hall–Kier alpha value is -3.23. The Labute approximate surface area is 143 Å². The van der Waals surface area contributed by atoms with Crippen LogP contribution in [0, 0.1) is 0 Å². The van der Waals surface area contributed by atoms with E-state index in [1.165, 1.54) is 12.1 Å². The Bertz CT molecular complexity index is 745. The minimum absolute atomic E-state index is 0.0349. The summed E-state index contributed by atoms with van der Waals surface area (Å²) in [6.07, 6.45) is 0. The van der Waals surface area contributed by atoms with Crippen LogP contribution in [0.5, 0.6) is 0 Å². The first-order valence-electron chi connectivity index (χ1n) is 7.64. The molecule has 1 N–H and O–H groups in total. The Morgan fingerprint density at radius 1 is 1.04 bits per heavy atom. The number of esters is 1. The number of rotatable bonds is 6. The van der Waals surface area contributed by atoms with Crippen molar-refractivity contribution in [1.29, 1.82) is 0 Å². The van der Waals surface area contributed by atoms with Gasteiger partial charge in [-0.1, -0.05) is 12.1 Å². The van der Waals surface area contributed by atoms with E-state index in [0.29, 0.717) is 4.90 Å². The Morgan fingerprint density at radius 2 is 1.68 bits per heavy atom. The molecular weight excluding hydrogens is 330 g/mol. The fourth-order valence-electron chi connectivity index (χ4n) is 2.28. The second-order valence-corrected chi connectivity index (χ2v) is 5.04. The van der Waals surface area contributed by atoms with Crippen molar-refractivity contribution in [3.63, 3.8) is 0 Å². The maximum atomic E-state index is 12.2. The molecular formula is C16H17N3O6. The topological polar surface area (TPSA) is 113 Å². The van der Waals surface area contributed by atoms with Gasteiger partial charge in [-0.05, 0) is 26.0 Å². The largest absolute Gasteiger partial charge is 0.462 e. The molecule has 9 nitrogen and oxygen atoms in total. The van der Waals surface area contributed by atoms with Crippen molar-refractivity contribution < 1.29 is 28.7 Å². The van der Waals surface area contributed by atoms with Gasteiger partial charge in [0.2, 0.25) is 5.91 Å². The molecule has 1 aromatic rings. The molecule has 0 atom stereocenters. The van der Waals surface area contributed by atoms with E-state index in [1.54, 1.807) is 26.0 Å². The maximum Gasteiger partial charge on any atom is 0.340 e. The molecule has 1 heterocycles. The van der Waals surface area contributed by atoms with E-state index in [9.17, 15) is 24.0 Å². The molecule has 0 unspecified atom stereocenters. The van der Waals surface area contributed by atoms with Gasteiger partial charge in [0.15, 0.2) is 0 Å². The second kappa shape index (κ2) is 7.56. The number of carbonyl (C=O) groups is 5. The van der Waals surface area contributed by atoms with Gasteiger partial charge in [0.05, 0.1) is 17.9 Å². The van der Waals surface area contributed by atoms with Crippen molar-refractivity contribution in [1.82, 2.24) is 9.80 Å². The van der Waals surface area contributed by atoms with Gasteiger partial charge in [0.25, 0.3) is 0 Å². The highest BCUT2D eigenvalue weighted by Crippen LogP contribution is 2.17. The number of amides is 5. The number of hydrogen-bond acceptors (Lipinski definition) is 6. The van der Waals surface area contributed by atoms with Crippen molar-refractivity contribution in [3.05, 3.63) is 29.8 Å². The van der Waals surface area contributed by atoms with E-state index < -0.39 is 36.3 Å². The van der Waals surface area contributed by atoms with Gasteiger partial charge in [-0.2, -0.15) is 0 Å². The predicted molar refractivity (Wildman–Crippen MR) is 85.5 cm³/mol. The molecule has 0 aromatic heterocycles. The summed E-state index contributed by atoms with van der Waals surface area (Å²) in [5.74, 6) is -3.35. The number of benzene rings is 1. The highest BCUT2D eigenvalue weighted by molar-refractivity contribution is 6.45. The van der Waals surface area contributed by atoms with Crippen LogP contribution < -0.4 is 5.32 Å². The number of para-hydroxylation sites is 1. The van der Waals surface area contributed by atoms with Crippen LogP contribution in [0.2, 0.25) is 0 Å². The van der Waals surface area contributed by atoms with Crippen molar-refractivity contribution in [2.45, 2.75) is 13.8 Å². The third-order valence-electron chi connectivity index (χ3n) is 3.45. The van der Waals surface area contributed by atoms with E-state index in [2.05, 4.69) is 5.32 Å². The zero-order chi connectivity index (χ0) is 18.6. The van der Waals surface area contributed by atoms with Gasteiger partial charge >= 0.3 is 23.8 Å². The molecule has 0 bridgehead atoms. The normalized spacial score (nSPS) is 14.1. The molecule has 1 aliphatic rings. The number of imide groups is 2. The number of anilines is 1. The number of urea groups is 1. The SMILES string of the molecule is CCOC(=O)c1ccccc1NC(=O)CN1C(=O)C(=O)N(CC)C1=O. The first kappa shape index (κ1) is 18.1. The van der Waals surface area contributed by atoms with Gasteiger partial charge in [0, 0.05) is 6.54 Å². The minimum atomic E-state index is -1.05. The zero-order valence-corrected chi connectivity index (χ0v) is 13.8. The second-order valence-electron chi connectivity index (χ2n) is 5.04. The molecule has 1 fully saturated rings. The fourth-order valence-corrected chi connectivity index (χ4v) is 2.28. The molecule has 1 aliphatic heterocycles. The summed E-state index contributed by atoms with van der Waals surface area (Å²) in [7, 11) is 0. The molecule has 0 spiro atoms. The molecule has 2 rings (SSSR count). The lowest BCUT2D eigenvalue weighted by molar-refractivity contribution is -0.143. The minimum Gasteiger partial charge on any atom is -0.462 e. The van der Waals surface area contributed by atoms with Crippen molar-refractivity contribution >= 4 is 35.4 Å². The van der Waals surface area contributed by atoms with Crippen LogP contribution in [0.4, 0.5) is 10.5 Å². The van der Waals surface area contributed by atoms with Gasteiger partial charge in [-0.15, -0.1) is 0 Å². The van der Waals surface area contributed by atoms with E-state index in [-0.39, 0.29) is 24.4 Å². The molecule has 5 amide bonds. The monoisotopic (exact) mass is 347 g/mol. The summed E-state index contributed by atoms with van der Waals surface area (Å²) in [5, 5.41) is 2.45. The lowest BCUT2D eigenvalue weighted by atomic mass is 10.2. The zero-order valence-electron chi connectivity index (χ0n) is 13.8. The number of nitrogens with zero attached hydrogens (tertiary/aromatic N) is 2. The first-order valence-corrected chi connectivity index (χ1v) is 7.64. The van der Waals surface area contributed by atoms with E-state index >= 15 is 0 Å². The van der Waals surface area contributed by atoms with Crippen molar-refractivity contribution in [2.24, 2.45) is 0 Å². The average molecular weight is 347 g/mol. The lowest BCUT2D eigenvalue weighted by Gasteiger charge is -2.15. The van der Waals surface area contributed by atoms with Crippen LogP contribution >= 0.6 is 0 Å². The maximum absolute atomic E-state index is 12.2. The van der Waals surface area contributed by atoms with Crippen LogP contribution in [-0.2, 0) is 19.1 Å². The van der Waals surface area contributed by atoms with Crippen molar-refractivity contribution in [2.75, 3.05) is 25.0 Å². The van der Waals surface area contributed by atoms with E-state index in [0.717, 1.165) is 4.90 Å². The standard InChI is InChI=1S/C16H17N3O6/c1-3-18-13(21)14(22)19(16(18)24)9-12(20)17-11-8-6-5-7-10(11)15(23)25-4-2/h5-8H,3-4,9H2,1-2H3,(H,17,20). The van der Waals surface area contributed by atoms with Crippen LogP contribution in [0.3, 0.4) is 0 Å². The lowest BCUT2D eigenvalue weighted by Crippen LogP contribution is -2.39. The van der Waals surface area contributed by atoms with E-state index in [4.69, 9.17) is 4.74 Å². The van der Waals surface area contributed by atoms with Gasteiger partial charge in [-0.3, -0.25) is 19.3 Å². The summed E-state index contributed by atoms with van der Waals surface area (Å²) in [6, 6.07) is 5.33. The van der Waals surface area contributed by atoms with Gasteiger partial charge in [0.1, 0.15) is 6.54 Å². The summed E-state index contributed by atoms with van der Waals surface area (Å²) < 4.78 is 4.90. The molecule has 0 radical (unpaired) electrons. The number of ether oxygens (including phenoxy) is 1. The summed E-state index contributed by atoms with van der Waals surface area (Å²) in [4.78, 5) is 60.7. The Kier molecular flexibility index (Phi) is 5.48. The van der Waals surface area contributed by atoms with Crippen LogP contribution in [0.25, 0.3) is 0 Å². The van der Waals surface area contributed by atoms with E-state index in [1.807, 2.05) is 0 Å². The highest BCUT2D eigenvalue weighted by Gasteiger charge is 2.44. The predicted octanol–water partition coefficient (Wildman–Crippen LogP) is 0.613. The van der Waals surface area contributed by atoms with Crippen LogP contribution in [-0.4, -0.2) is 59.2 Å². The first-order chi connectivity index (χ1) is 11.9. The summed E-state index contributed by atoms with van der Waals surface area (Å²) in [5.41, 5.74) is 0.326. The Balaban J connectivity index is 2.11. The molecule has 0 saturated carbocycles. The number of likely N-dealkylation sites (N-methyl/N-ethyl adjacent to an activating group) is 1. The quantitative estimate of drug-likeness (QED) is 0.458. The summed E-state index contributed by atoms with van der Waals surface area (Å²) in [6.45, 7) is 2.78.